The number of nitrogens with zero attached hydrogens (tertiary/aromatic N) is 1. The zero-order valence-corrected chi connectivity index (χ0v) is 17.6. The number of hydrogen-bond acceptors (Lipinski definition) is 4. The van der Waals surface area contributed by atoms with Crippen LogP contribution >= 0.6 is 28.1 Å². The molecular weight excluding hydrogens is 450 g/mol. The molecule has 0 fully saturated rings. The van der Waals surface area contributed by atoms with Crippen molar-refractivity contribution in [1.82, 2.24) is 10.3 Å². The molecule has 5 nitrogen and oxygen atoms in total. The molecular formula is C22H16BrN3O2S. The molecule has 29 heavy (non-hydrogen) atoms. The summed E-state index contributed by atoms with van der Waals surface area (Å²) in [7, 11) is 0. The van der Waals surface area contributed by atoms with Crippen LogP contribution in [-0.4, -0.2) is 16.0 Å². The fraction of sp³-hybridized carbons (Fsp3) is 0.0455. The van der Waals surface area contributed by atoms with Gasteiger partial charge in [0.1, 0.15) is 5.52 Å². The van der Waals surface area contributed by atoms with Crippen LogP contribution in [0, 0.1) is 0 Å². The van der Waals surface area contributed by atoms with Gasteiger partial charge in [-0.15, -0.1) is 0 Å². The van der Waals surface area contributed by atoms with E-state index in [1.54, 1.807) is 24.3 Å². The van der Waals surface area contributed by atoms with Crippen molar-refractivity contribution in [2.24, 2.45) is 0 Å². The topological polar surface area (TPSA) is 67.2 Å². The SMILES string of the molecule is O=C(NC(=S)Nc1ccc(Cc2nc3ccccc3o2)cc1)c1ccc(Br)cc1. The smallest absolute Gasteiger partial charge is 0.257 e. The van der Waals surface area contributed by atoms with Gasteiger partial charge in [-0.3, -0.25) is 10.1 Å². The van der Waals surface area contributed by atoms with E-state index in [9.17, 15) is 4.79 Å². The Hall–Kier alpha value is -3.03. The van der Waals surface area contributed by atoms with E-state index >= 15 is 0 Å². The average molecular weight is 466 g/mol. The van der Waals surface area contributed by atoms with E-state index in [4.69, 9.17) is 16.6 Å². The first-order valence-corrected chi connectivity index (χ1v) is 10.1. The number of nitrogens with one attached hydrogen (secondary N) is 2. The molecule has 0 radical (unpaired) electrons. The number of aromatic nitrogens is 1. The van der Waals surface area contributed by atoms with Gasteiger partial charge in [0.25, 0.3) is 5.91 Å². The van der Waals surface area contributed by atoms with Crippen LogP contribution in [0.4, 0.5) is 5.69 Å². The molecule has 0 aliphatic carbocycles. The number of anilines is 1. The molecule has 3 aromatic carbocycles. The molecule has 0 aliphatic rings. The number of amides is 1. The van der Waals surface area contributed by atoms with Gasteiger partial charge in [0.2, 0.25) is 0 Å². The fourth-order valence-electron chi connectivity index (χ4n) is 2.81. The van der Waals surface area contributed by atoms with E-state index in [-0.39, 0.29) is 11.0 Å². The highest BCUT2D eigenvalue weighted by molar-refractivity contribution is 9.10. The quantitative estimate of drug-likeness (QED) is 0.399. The second-order valence-electron chi connectivity index (χ2n) is 6.36. The van der Waals surface area contributed by atoms with Gasteiger partial charge in [-0.25, -0.2) is 4.98 Å². The summed E-state index contributed by atoms with van der Waals surface area (Å²) >= 11 is 8.58. The summed E-state index contributed by atoms with van der Waals surface area (Å²) in [4.78, 5) is 16.7. The summed E-state index contributed by atoms with van der Waals surface area (Å²) in [5.41, 5.74) is 4.02. The van der Waals surface area contributed by atoms with Gasteiger partial charge in [-0.1, -0.05) is 40.2 Å². The molecule has 0 unspecified atom stereocenters. The first-order valence-electron chi connectivity index (χ1n) is 8.88. The third-order valence-corrected chi connectivity index (χ3v) is 4.97. The van der Waals surface area contributed by atoms with E-state index in [1.807, 2.05) is 48.5 Å². The Balaban J connectivity index is 1.35. The van der Waals surface area contributed by atoms with Crippen LogP contribution in [0.3, 0.4) is 0 Å². The molecule has 144 valence electrons. The van der Waals surface area contributed by atoms with Gasteiger partial charge >= 0.3 is 0 Å². The Bertz CT molecular complexity index is 1140. The molecule has 7 heteroatoms. The number of oxazole rings is 1. The van der Waals surface area contributed by atoms with Crippen molar-refractivity contribution in [1.29, 1.82) is 0 Å². The van der Waals surface area contributed by atoms with Crippen molar-refractivity contribution in [3.63, 3.8) is 0 Å². The number of thiocarbonyl (C=S) groups is 1. The largest absolute Gasteiger partial charge is 0.440 e. The lowest BCUT2D eigenvalue weighted by Gasteiger charge is -2.10. The lowest BCUT2D eigenvalue weighted by molar-refractivity contribution is 0.0977. The Morgan fingerprint density at radius 2 is 1.72 bits per heavy atom. The standard InChI is InChI=1S/C22H16BrN3O2S/c23-16-9-7-15(8-10-16)21(27)26-22(29)24-17-11-5-14(6-12-17)13-20-25-18-3-1-2-4-19(18)28-20/h1-12H,13H2,(H2,24,26,27,29). The number of rotatable bonds is 4. The van der Waals surface area contributed by atoms with E-state index in [2.05, 4.69) is 31.5 Å². The number of carbonyl (C=O) groups excluding carboxylic acids is 1. The van der Waals surface area contributed by atoms with Crippen LogP contribution in [-0.2, 0) is 6.42 Å². The van der Waals surface area contributed by atoms with Crippen LogP contribution in [0.2, 0.25) is 0 Å². The molecule has 0 atom stereocenters. The van der Waals surface area contributed by atoms with Crippen molar-refractivity contribution < 1.29 is 9.21 Å². The third-order valence-electron chi connectivity index (χ3n) is 4.24. The molecule has 0 saturated heterocycles. The molecule has 1 aromatic heterocycles. The summed E-state index contributed by atoms with van der Waals surface area (Å²) < 4.78 is 6.67. The molecule has 0 saturated carbocycles. The Labute approximate surface area is 181 Å². The Kier molecular flexibility index (Phi) is 5.69. The predicted octanol–water partition coefficient (Wildman–Crippen LogP) is 5.31. The molecule has 2 N–H and O–H groups in total. The zero-order chi connectivity index (χ0) is 20.2. The molecule has 1 amide bonds. The van der Waals surface area contributed by atoms with Gasteiger partial charge in [-0.2, -0.15) is 0 Å². The lowest BCUT2D eigenvalue weighted by Crippen LogP contribution is -2.34. The first kappa shape index (κ1) is 19.3. The summed E-state index contributed by atoms with van der Waals surface area (Å²) in [5, 5.41) is 5.93. The van der Waals surface area contributed by atoms with Gasteiger partial charge < -0.3 is 9.73 Å². The van der Waals surface area contributed by atoms with Crippen molar-refractivity contribution in [2.75, 3.05) is 5.32 Å². The van der Waals surface area contributed by atoms with Crippen LogP contribution in [0.15, 0.2) is 81.7 Å². The van der Waals surface area contributed by atoms with Crippen LogP contribution < -0.4 is 10.6 Å². The van der Waals surface area contributed by atoms with Crippen molar-refractivity contribution in [3.8, 4) is 0 Å². The monoisotopic (exact) mass is 465 g/mol. The number of para-hydroxylation sites is 2. The zero-order valence-electron chi connectivity index (χ0n) is 15.2. The van der Waals surface area contributed by atoms with E-state index in [0.717, 1.165) is 26.8 Å². The van der Waals surface area contributed by atoms with Gasteiger partial charge in [-0.05, 0) is 66.3 Å². The normalized spacial score (nSPS) is 10.7. The number of halogens is 1. The molecule has 4 aromatic rings. The third kappa shape index (κ3) is 4.88. The number of hydrogen-bond donors (Lipinski definition) is 2. The van der Waals surface area contributed by atoms with Crippen molar-refractivity contribution in [2.45, 2.75) is 6.42 Å². The maximum Gasteiger partial charge on any atom is 0.257 e. The van der Waals surface area contributed by atoms with E-state index < -0.39 is 0 Å². The van der Waals surface area contributed by atoms with Crippen LogP contribution in [0.1, 0.15) is 21.8 Å². The lowest BCUT2D eigenvalue weighted by atomic mass is 10.1. The van der Waals surface area contributed by atoms with Gasteiger partial charge in [0, 0.05) is 22.1 Å². The number of fused-ring (bicyclic) bond motifs is 1. The number of benzene rings is 3. The summed E-state index contributed by atoms with van der Waals surface area (Å²) in [6, 6.07) is 22.5. The molecule has 4 rings (SSSR count). The van der Waals surface area contributed by atoms with Gasteiger partial charge in [0.05, 0.1) is 0 Å². The summed E-state index contributed by atoms with van der Waals surface area (Å²) in [6.45, 7) is 0. The van der Waals surface area contributed by atoms with Gasteiger partial charge in [0.15, 0.2) is 16.6 Å². The Morgan fingerprint density at radius 3 is 2.45 bits per heavy atom. The molecule has 0 bridgehead atoms. The summed E-state index contributed by atoms with van der Waals surface area (Å²) in [5.74, 6) is 0.409. The predicted molar refractivity (Wildman–Crippen MR) is 121 cm³/mol. The average Bonchev–Trinajstić information content (AvgIpc) is 3.12. The Morgan fingerprint density at radius 1 is 1.00 bits per heavy atom. The van der Waals surface area contributed by atoms with E-state index in [1.165, 1.54) is 0 Å². The molecule has 0 aliphatic heterocycles. The fourth-order valence-corrected chi connectivity index (χ4v) is 3.29. The highest BCUT2D eigenvalue weighted by Crippen LogP contribution is 2.18. The van der Waals surface area contributed by atoms with Crippen molar-refractivity contribution in [3.05, 3.63) is 94.3 Å². The molecule has 1 heterocycles. The minimum Gasteiger partial charge on any atom is -0.440 e. The molecule has 0 spiro atoms. The maximum absolute atomic E-state index is 12.2. The highest BCUT2D eigenvalue weighted by Gasteiger charge is 2.09. The maximum atomic E-state index is 12.2. The van der Waals surface area contributed by atoms with Crippen LogP contribution in [0.25, 0.3) is 11.1 Å². The second-order valence-corrected chi connectivity index (χ2v) is 7.69. The van der Waals surface area contributed by atoms with E-state index in [0.29, 0.717) is 17.9 Å². The minimum absolute atomic E-state index is 0.240. The first-order chi connectivity index (χ1) is 14.1. The van der Waals surface area contributed by atoms with Crippen molar-refractivity contribution >= 4 is 56.0 Å². The minimum atomic E-state index is -0.261. The highest BCUT2D eigenvalue weighted by atomic mass is 79.9. The summed E-state index contributed by atoms with van der Waals surface area (Å²) in [6.07, 6.45) is 0.597. The second kappa shape index (κ2) is 8.55. The van der Waals surface area contributed by atoms with Crippen LogP contribution in [0.5, 0.6) is 0 Å². The number of carbonyl (C=O) groups is 1.